The molecule has 0 heterocycles. The van der Waals surface area contributed by atoms with Crippen LogP contribution in [0.4, 0.5) is 0 Å². The van der Waals surface area contributed by atoms with Crippen LogP contribution in [-0.4, -0.2) is 11.1 Å². The van der Waals surface area contributed by atoms with E-state index in [1.54, 1.807) is 0 Å². The molecule has 0 amide bonds. The molecular weight excluding hydrogens is 164 g/mol. The van der Waals surface area contributed by atoms with Crippen LogP contribution in [0.2, 0.25) is 0 Å². The minimum absolute atomic E-state index is 0.233. The van der Waals surface area contributed by atoms with Crippen LogP contribution in [0.5, 0.6) is 0 Å². The van der Waals surface area contributed by atoms with Crippen LogP contribution in [0.15, 0.2) is 11.6 Å². The second kappa shape index (κ2) is 3.95. The first-order chi connectivity index (χ1) is 6.02. The van der Waals surface area contributed by atoms with Crippen molar-refractivity contribution < 1.29 is 9.90 Å². The summed E-state index contributed by atoms with van der Waals surface area (Å²) in [4.78, 5) is 11.0. The van der Waals surface area contributed by atoms with Crippen molar-refractivity contribution in [3.05, 3.63) is 11.6 Å². The highest BCUT2D eigenvalue weighted by Gasteiger charge is 2.28. The lowest BCUT2D eigenvalue weighted by atomic mass is 9.78. The van der Waals surface area contributed by atoms with Crippen LogP contribution in [0.25, 0.3) is 0 Å². The lowest BCUT2D eigenvalue weighted by Gasteiger charge is -2.27. The van der Waals surface area contributed by atoms with Gasteiger partial charge in [0.05, 0.1) is 5.92 Å². The summed E-state index contributed by atoms with van der Waals surface area (Å²) in [5.74, 6) is -0.00699. The summed E-state index contributed by atoms with van der Waals surface area (Å²) < 4.78 is 0. The second-order valence-corrected chi connectivity index (χ2v) is 4.33. The molecule has 2 unspecified atom stereocenters. The van der Waals surface area contributed by atoms with E-state index in [2.05, 4.69) is 26.8 Å². The molecule has 0 aromatic carbocycles. The first kappa shape index (κ1) is 10.3. The van der Waals surface area contributed by atoms with Crippen molar-refractivity contribution in [1.29, 1.82) is 0 Å². The highest BCUT2D eigenvalue weighted by molar-refractivity contribution is 5.74. The van der Waals surface area contributed by atoms with Crippen LogP contribution in [0, 0.1) is 17.8 Å². The van der Waals surface area contributed by atoms with Crippen LogP contribution in [-0.2, 0) is 4.79 Å². The molecule has 0 fully saturated rings. The number of hydrogen-bond donors (Lipinski definition) is 1. The Hall–Kier alpha value is -0.790. The minimum Gasteiger partial charge on any atom is -0.481 e. The standard InChI is InChI=1S/C11H18O2/c1-7(2)9-5-4-8(3)6-10(9)11(12)13/h5,7-8,10H,4,6H2,1-3H3,(H,12,13). The van der Waals surface area contributed by atoms with Gasteiger partial charge in [-0.25, -0.2) is 0 Å². The normalized spacial score (nSPS) is 28.8. The molecule has 0 aromatic rings. The second-order valence-electron chi connectivity index (χ2n) is 4.33. The van der Waals surface area contributed by atoms with E-state index in [1.165, 1.54) is 0 Å². The van der Waals surface area contributed by atoms with Crippen LogP contribution < -0.4 is 0 Å². The molecule has 1 aliphatic carbocycles. The smallest absolute Gasteiger partial charge is 0.310 e. The number of aliphatic carboxylic acids is 1. The van der Waals surface area contributed by atoms with Gasteiger partial charge in [-0.05, 0) is 24.7 Å². The highest BCUT2D eigenvalue weighted by atomic mass is 16.4. The molecule has 1 N–H and O–H groups in total. The highest BCUT2D eigenvalue weighted by Crippen LogP contribution is 2.33. The van der Waals surface area contributed by atoms with Crippen LogP contribution in [0.1, 0.15) is 33.6 Å². The molecule has 1 aliphatic rings. The Morgan fingerprint density at radius 1 is 1.62 bits per heavy atom. The molecular formula is C11H18O2. The Morgan fingerprint density at radius 2 is 2.23 bits per heavy atom. The first-order valence-corrected chi connectivity index (χ1v) is 4.95. The van der Waals surface area contributed by atoms with Crippen molar-refractivity contribution >= 4 is 5.97 Å². The molecule has 0 aromatic heterocycles. The van der Waals surface area contributed by atoms with Crippen molar-refractivity contribution in [2.45, 2.75) is 33.6 Å². The van der Waals surface area contributed by atoms with Gasteiger partial charge in [-0.2, -0.15) is 0 Å². The Kier molecular flexibility index (Phi) is 3.12. The quantitative estimate of drug-likeness (QED) is 0.667. The van der Waals surface area contributed by atoms with E-state index in [9.17, 15) is 4.79 Å². The molecule has 0 radical (unpaired) electrons. The lowest BCUT2D eigenvalue weighted by molar-refractivity contribution is -0.141. The van der Waals surface area contributed by atoms with Gasteiger partial charge in [0, 0.05) is 0 Å². The number of allylic oxidation sites excluding steroid dienone is 1. The molecule has 2 heteroatoms. The summed E-state index contributed by atoms with van der Waals surface area (Å²) >= 11 is 0. The van der Waals surface area contributed by atoms with Gasteiger partial charge in [-0.1, -0.05) is 32.4 Å². The van der Waals surface area contributed by atoms with Gasteiger partial charge >= 0.3 is 5.97 Å². The van der Waals surface area contributed by atoms with Crippen LogP contribution >= 0.6 is 0 Å². The summed E-state index contributed by atoms with van der Waals surface area (Å²) in [7, 11) is 0. The average Bonchev–Trinajstić information content (AvgIpc) is 2.03. The van der Waals surface area contributed by atoms with E-state index in [4.69, 9.17) is 5.11 Å². The van der Waals surface area contributed by atoms with Gasteiger partial charge in [-0.15, -0.1) is 0 Å². The largest absolute Gasteiger partial charge is 0.481 e. The maximum Gasteiger partial charge on any atom is 0.310 e. The number of rotatable bonds is 2. The Bertz CT molecular complexity index is 228. The summed E-state index contributed by atoms with van der Waals surface area (Å²) in [5.41, 5.74) is 1.12. The molecule has 0 aliphatic heterocycles. The Labute approximate surface area is 79.6 Å². The molecule has 2 atom stereocenters. The third kappa shape index (κ3) is 2.33. The maximum atomic E-state index is 11.0. The predicted octanol–water partition coefficient (Wildman–Crippen LogP) is 2.70. The molecule has 2 nitrogen and oxygen atoms in total. The van der Waals surface area contributed by atoms with Crippen molar-refractivity contribution in [3.63, 3.8) is 0 Å². The molecule has 1 rings (SSSR count). The summed E-state index contributed by atoms with van der Waals surface area (Å²) in [6.07, 6.45) is 3.97. The van der Waals surface area contributed by atoms with Gasteiger partial charge in [0.25, 0.3) is 0 Å². The summed E-state index contributed by atoms with van der Waals surface area (Å²) in [6.45, 7) is 6.25. The third-order valence-corrected chi connectivity index (χ3v) is 2.76. The molecule has 0 spiro atoms. The van der Waals surface area contributed by atoms with E-state index in [-0.39, 0.29) is 5.92 Å². The number of carbonyl (C=O) groups is 1. The molecule has 0 saturated carbocycles. The van der Waals surface area contributed by atoms with E-state index in [1.807, 2.05) is 0 Å². The van der Waals surface area contributed by atoms with Gasteiger partial charge in [0.15, 0.2) is 0 Å². The zero-order chi connectivity index (χ0) is 10.0. The van der Waals surface area contributed by atoms with Crippen LogP contribution in [0.3, 0.4) is 0 Å². The van der Waals surface area contributed by atoms with Gasteiger partial charge in [-0.3, -0.25) is 4.79 Å². The molecule has 0 bridgehead atoms. The van der Waals surface area contributed by atoms with Crippen molar-refractivity contribution in [3.8, 4) is 0 Å². The fourth-order valence-electron chi connectivity index (χ4n) is 2.00. The number of carboxylic acid groups (broad SMARTS) is 1. The summed E-state index contributed by atoms with van der Waals surface area (Å²) in [5, 5.41) is 9.03. The molecule has 74 valence electrons. The Morgan fingerprint density at radius 3 is 2.69 bits per heavy atom. The predicted molar refractivity (Wildman–Crippen MR) is 52.4 cm³/mol. The monoisotopic (exact) mass is 182 g/mol. The topological polar surface area (TPSA) is 37.3 Å². The summed E-state index contributed by atoms with van der Waals surface area (Å²) in [6, 6.07) is 0. The zero-order valence-electron chi connectivity index (χ0n) is 8.58. The number of hydrogen-bond acceptors (Lipinski definition) is 1. The van der Waals surface area contributed by atoms with Gasteiger partial charge in [0.1, 0.15) is 0 Å². The molecule has 0 saturated heterocycles. The fraction of sp³-hybridized carbons (Fsp3) is 0.727. The Balaban J connectivity index is 2.83. The third-order valence-electron chi connectivity index (χ3n) is 2.76. The van der Waals surface area contributed by atoms with Crippen molar-refractivity contribution in [1.82, 2.24) is 0 Å². The average molecular weight is 182 g/mol. The maximum absolute atomic E-state index is 11.0. The minimum atomic E-state index is -0.661. The number of carboxylic acids is 1. The van der Waals surface area contributed by atoms with Gasteiger partial charge < -0.3 is 5.11 Å². The lowest BCUT2D eigenvalue weighted by Crippen LogP contribution is -2.24. The van der Waals surface area contributed by atoms with E-state index in [0.29, 0.717) is 11.8 Å². The first-order valence-electron chi connectivity index (χ1n) is 4.95. The van der Waals surface area contributed by atoms with Crippen molar-refractivity contribution in [2.75, 3.05) is 0 Å². The van der Waals surface area contributed by atoms with Gasteiger partial charge in [0.2, 0.25) is 0 Å². The fourth-order valence-corrected chi connectivity index (χ4v) is 2.00. The zero-order valence-corrected chi connectivity index (χ0v) is 8.58. The SMILES string of the molecule is CC1CC=C(C(C)C)C(C(=O)O)C1. The molecule has 13 heavy (non-hydrogen) atoms. The van der Waals surface area contributed by atoms with E-state index >= 15 is 0 Å². The van der Waals surface area contributed by atoms with E-state index < -0.39 is 5.97 Å². The van der Waals surface area contributed by atoms with E-state index in [0.717, 1.165) is 18.4 Å². The van der Waals surface area contributed by atoms with Crippen molar-refractivity contribution in [2.24, 2.45) is 17.8 Å².